The molecule has 1 aliphatic carbocycles. The maximum atomic E-state index is 13.1. The zero-order valence-electron chi connectivity index (χ0n) is 19.7. The third-order valence-electron chi connectivity index (χ3n) is 6.08. The van der Waals surface area contributed by atoms with Crippen molar-refractivity contribution >= 4 is 39.4 Å². The number of nitrogens with zero attached hydrogens (tertiary/aromatic N) is 3. The second-order valence-electron chi connectivity index (χ2n) is 8.52. The zero-order chi connectivity index (χ0) is 24.4. The Labute approximate surface area is 217 Å². The van der Waals surface area contributed by atoms with Gasteiger partial charge in [0.05, 0.1) is 11.6 Å². The van der Waals surface area contributed by atoms with Crippen molar-refractivity contribution in [2.75, 3.05) is 18.2 Å². The molecule has 1 atom stereocenters. The summed E-state index contributed by atoms with van der Waals surface area (Å²) >= 11 is 5.31. The third kappa shape index (κ3) is 4.84. The van der Waals surface area contributed by atoms with Gasteiger partial charge in [-0.25, -0.2) is 4.68 Å². The predicted molar refractivity (Wildman–Crippen MR) is 140 cm³/mol. The first-order valence-corrected chi connectivity index (χ1v) is 13.5. The number of nitrogens with one attached hydrogen (secondary N) is 1. The number of ketones is 1. The van der Waals surface area contributed by atoms with E-state index in [2.05, 4.69) is 28.2 Å². The van der Waals surface area contributed by atoms with Crippen molar-refractivity contribution in [2.24, 2.45) is 0 Å². The predicted octanol–water partition coefficient (Wildman–Crippen LogP) is 6.15. The highest BCUT2D eigenvalue weighted by atomic mass is 79.9. The summed E-state index contributed by atoms with van der Waals surface area (Å²) in [5.41, 5.74) is 3.66. The molecule has 0 saturated heterocycles. The number of fused-ring (bicyclic) bond motifs is 1. The minimum atomic E-state index is -0.383. The van der Waals surface area contributed by atoms with E-state index in [0.717, 1.165) is 51.9 Å². The number of benzene rings is 2. The van der Waals surface area contributed by atoms with Crippen molar-refractivity contribution in [1.29, 1.82) is 0 Å². The number of halogens is 1. The molecule has 0 bridgehead atoms. The smallest absolute Gasteiger partial charge is 0.227 e. The lowest BCUT2D eigenvalue weighted by atomic mass is 9.85. The van der Waals surface area contributed by atoms with Gasteiger partial charge in [-0.05, 0) is 58.5 Å². The van der Waals surface area contributed by atoms with Gasteiger partial charge in [-0.15, -0.1) is 5.10 Å². The minimum Gasteiger partial charge on any atom is -0.493 e. The van der Waals surface area contributed by atoms with E-state index in [1.807, 2.05) is 47.1 Å². The third-order valence-corrected chi connectivity index (χ3v) is 7.71. The fraction of sp³-hybridized carbons (Fsp3) is 0.346. The Morgan fingerprint density at radius 2 is 2.06 bits per heavy atom. The summed E-state index contributed by atoms with van der Waals surface area (Å²) in [5.74, 6) is 2.97. The van der Waals surface area contributed by atoms with E-state index in [4.69, 9.17) is 19.6 Å². The first kappa shape index (κ1) is 23.9. The van der Waals surface area contributed by atoms with Crippen molar-refractivity contribution < 1.29 is 14.3 Å². The van der Waals surface area contributed by atoms with Crippen molar-refractivity contribution in [3.05, 3.63) is 69.3 Å². The van der Waals surface area contributed by atoms with Gasteiger partial charge in [0, 0.05) is 23.4 Å². The van der Waals surface area contributed by atoms with E-state index in [-0.39, 0.29) is 11.8 Å². The lowest BCUT2D eigenvalue weighted by Crippen LogP contribution is -2.31. The number of Topliss-reactive ketones (excluding diaryl/α,β-unsaturated/α-hetero) is 1. The zero-order valence-corrected chi connectivity index (χ0v) is 22.1. The molecule has 2 heterocycles. The monoisotopic (exact) mass is 554 g/mol. The van der Waals surface area contributed by atoms with Crippen molar-refractivity contribution in [1.82, 2.24) is 14.8 Å². The normalized spacial score (nSPS) is 17.0. The Bertz CT molecular complexity index is 1280. The Morgan fingerprint density at radius 1 is 1.23 bits per heavy atom. The van der Waals surface area contributed by atoms with Gasteiger partial charge < -0.3 is 14.8 Å². The average Bonchev–Trinajstić information content (AvgIpc) is 3.28. The molecule has 3 aromatic rings. The molecule has 182 valence electrons. The summed E-state index contributed by atoms with van der Waals surface area (Å²) in [6.07, 6.45) is 3.23. The maximum Gasteiger partial charge on any atom is 0.227 e. The second kappa shape index (κ2) is 10.5. The summed E-state index contributed by atoms with van der Waals surface area (Å²) in [6.45, 7) is 2.55. The van der Waals surface area contributed by atoms with E-state index in [9.17, 15) is 4.79 Å². The Hall–Kier alpha value is -2.78. The molecule has 0 spiro atoms. The molecule has 0 saturated carbocycles. The molecule has 5 rings (SSSR count). The van der Waals surface area contributed by atoms with Crippen LogP contribution in [-0.2, 0) is 11.4 Å². The molecule has 0 radical (unpaired) electrons. The molecule has 9 heteroatoms. The van der Waals surface area contributed by atoms with Gasteiger partial charge in [-0.2, -0.15) is 4.98 Å². The SMILES string of the molecule is CCCSc1nc2n(n1)C(c1cc(Br)c(OCc3ccccc3)c(OC)c1)C1=C(CCCC1=O)N2. The number of hydrogen-bond donors (Lipinski definition) is 1. The lowest BCUT2D eigenvalue weighted by Gasteiger charge is -2.32. The van der Waals surface area contributed by atoms with Crippen LogP contribution < -0.4 is 14.8 Å². The molecule has 1 aliphatic heterocycles. The molecular weight excluding hydrogens is 528 g/mol. The fourth-order valence-corrected chi connectivity index (χ4v) is 5.72. The van der Waals surface area contributed by atoms with Crippen LogP contribution in [0.25, 0.3) is 0 Å². The highest BCUT2D eigenvalue weighted by molar-refractivity contribution is 9.10. The fourth-order valence-electron chi connectivity index (χ4n) is 4.47. The first-order valence-electron chi connectivity index (χ1n) is 11.8. The van der Waals surface area contributed by atoms with Crippen LogP contribution >= 0.6 is 27.7 Å². The molecule has 0 amide bonds. The number of allylic oxidation sites excluding steroid dienone is 2. The molecule has 1 N–H and O–H groups in total. The molecule has 1 aromatic heterocycles. The number of aromatic nitrogens is 3. The maximum absolute atomic E-state index is 13.1. The van der Waals surface area contributed by atoms with Gasteiger partial charge in [0.2, 0.25) is 11.1 Å². The van der Waals surface area contributed by atoms with E-state index in [1.165, 1.54) is 0 Å². The van der Waals surface area contributed by atoms with E-state index in [0.29, 0.717) is 35.6 Å². The number of carbonyl (C=O) groups excluding carboxylic acids is 1. The van der Waals surface area contributed by atoms with Crippen LogP contribution in [-0.4, -0.2) is 33.4 Å². The van der Waals surface area contributed by atoms with Crippen molar-refractivity contribution in [3.63, 3.8) is 0 Å². The second-order valence-corrected chi connectivity index (χ2v) is 10.4. The molecule has 1 unspecified atom stereocenters. The summed E-state index contributed by atoms with van der Waals surface area (Å²) in [7, 11) is 1.63. The molecule has 2 aromatic carbocycles. The van der Waals surface area contributed by atoms with Gasteiger partial charge in [-0.1, -0.05) is 49.0 Å². The summed E-state index contributed by atoms with van der Waals surface area (Å²) in [4.78, 5) is 17.9. The summed E-state index contributed by atoms with van der Waals surface area (Å²) in [5, 5.41) is 8.88. The molecule has 2 aliphatic rings. The first-order chi connectivity index (χ1) is 17.1. The average molecular weight is 555 g/mol. The standard InChI is InChI=1S/C26H27BrN4O3S/c1-3-12-35-26-29-25-28-19-10-7-11-20(32)22(19)23(31(25)30-26)17-13-18(27)24(21(14-17)33-2)34-15-16-8-5-4-6-9-16/h4-6,8-9,13-14,23H,3,7,10-12,15H2,1-2H3,(H,28,29,30). The summed E-state index contributed by atoms with van der Waals surface area (Å²) < 4.78 is 14.5. The van der Waals surface area contributed by atoms with Crippen LogP contribution in [0, 0.1) is 0 Å². The van der Waals surface area contributed by atoms with Crippen molar-refractivity contribution in [3.8, 4) is 11.5 Å². The highest BCUT2D eigenvalue weighted by Crippen LogP contribution is 2.45. The molecular formula is C26H27BrN4O3S. The Kier molecular flexibility index (Phi) is 7.15. The number of thioether (sulfide) groups is 1. The highest BCUT2D eigenvalue weighted by Gasteiger charge is 2.37. The number of hydrogen-bond acceptors (Lipinski definition) is 7. The molecule has 35 heavy (non-hydrogen) atoms. The number of rotatable bonds is 8. The van der Waals surface area contributed by atoms with Crippen LogP contribution in [0.15, 0.2) is 63.4 Å². The Morgan fingerprint density at radius 3 is 2.83 bits per heavy atom. The molecule has 0 fully saturated rings. The largest absolute Gasteiger partial charge is 0.493 e. The molecule has 7 nitrogen and oxygen atoms in total. The van der Waals surface area contributed by atoms with Crippen LogP contribution in [0.4, 0.5) is 5.95 Å². The number of carbonyl (C=O) groups is 1. The van der Waals surface area contributed by atoms with Crippen LogP contribution in [0.3, 0.4) is 0 Å². The van der Waals surface area contributed by atoms with Crippen LogP contribution in [0.1, 0.15) is 49.8 Å². The van der Waals surface area contributed by atoms with Gasteiger partial charge in [0.1, 0.15) is 12.6 Å². The minimum absolute atomic E-state index is 0.146. The van der Waals surface area contributed by atoms with Gasteiger partial charge in [0.25, 0.3) is 0 Å². The number of anilines is 1. The van der Waals surface area contributed by atoms with Crippen LogP contribution in [0.2, 0.25) is 0 Å². The van der Waals surface area contributed by atoms with Gasteiger partial charge in [0.15, 0.2) is 17.3 Å². The number of methoxy groups -OCH3 is 1. The van der Waals surface area contributed by atoms with E-state index < -0.39 is 0 Å². The topological polar surface area (TPSA) is 78.3 Å². The van der Waals surface area contributed by atoms with E-state index in [1.54, 1.807) is 18.9 Å². The Balaban J connectivity index is 1.55. The van der Waals surface area contributed by atoms with Crippen molar-refractivity contribution in [2.45, 2.75) is 50.4 Å². The van der Waals surface area contributed by atoms with E-state index >= 15 is 0 Å². The van der Waals surface area contributed by atoms with Gasteiger partial charge >= 0.3 is 0 Å². The summed E-state index contributed by atoms with van der Waals surface area (Å²) in [6, 6.07) is 13.5. The number of ether oxygens (including phenoxy) is 2. The lowest BCUT2D eigenvalue weighted by molar-refractivity contribution is -0.116. The van der Waals surface area contributed by atoms with Crippen LogP contribution in [0.5, 0.6) is 11.5 Å². The van der Waals surface area contributed by atoms with Gasteiger partial charge in [-0.3, -0.25) is 4.79 Å². The quantitative estimate of drug-likeness (QED) is 0.334.